The van der Waals surface area contributed by atoms with Crippen molar-refractivity contribution in [2.45, 2.75) is 12.8 Å². The summed E-state index contributed by atoms with van der Waals surface area (Å²) in [6, 6.07) is 9.19. The van der Waals surface area contributed by atoms with E-state index in [1.54, 1.807) is 30.6 Å². The number of hydrogen-bond acceptors (Lipinski definition) is 4. The van der Waals surface area contributed by atoms with Crippen LogP contribution in [0.15, 0.2) is 47.1 Å². The van der Waals surface area contributed by atoms with E-state index in [1.165, 1.54) is 4.68 Å². The van der Waals surface area contributed by atoms with Crippen LogP contribution in [0.2, 0.25) is 5.02 Å². The third-order valence-corrected chi connectivity index (χ3v) is 3.32. The zero-order valence-corrected chi connectivity index (χ0v) is 12.2. The Balaban J connectivity index is 2.01. The molecule has 1 N–H and O–H groups in total. The van der Waals surface area contributed by atoms with Crippen LogP contribution in [0.25, 0.3) is 17.3 Å². The van der Waals surface area contributed by atoms with Crippen molar-refractivity contribution in [2.75, 3.05) is 0 Å². The first-order valence-electron chi connectivity index (χ1n) is 6.61. The number of halogens is 1. The van der Waals surface area contributed by atoms with Crippen LogP contribution < -0.4 is 0 Å². The Morgan fingerprint density at radius 1 is 1.32 bits per heavy atom. The van der Waals surface area contributed by atoms with Crippen LogP contribution in [0.1, 0.15) is 12.2 Å². The monoisotopic (exact) mass is 317 g/mol. The number of hydrogen-bond donors (Lipinski definition) is 1. The third-order valence-electron chi connectivity index (χ3n) is 3.07. The second kappa shape index (κ2) is 6.03. The van der Waals surface area contributed by atoms with Crippen LogP contribution in [0, 0.1) is 0 Å². The minimum atomic E-state index is -0.890. The van der Waals surface area contributed by atoms with Gasteiger partial charge in [0.2, 0.25) is 0 Å². The third kappa shape index (κ3) is 3.01. The lowest BCUT2D eigenvalue weighted by molar-refractivity contribution is -0.137. The Labute approximate surface area is 131 Å². The molecular formula is C15H12ClN3O3. The van der Waals surface area contributed by atoms with Crippen molar-refractivity contribution in [1.29, 1.82) is 0 Å². The van der Waals surface area contributed by atoms with E-state index in [-0.39, 0.29) is 12.8 Å². The van der Waals surface area contributed by atoms with E-state index in [4.69, 9.17) is 21.1 Å². The maximum Gasteiger partial charge on any atom is 0.323 e. The van der Waals surface area contributed by atoms with Crippen molar-refractivity contribution in [3.63, 3.8) is 0 Å². The van der Waals surface area contributed by atoms with Crippen molar-refractivity contribution >= 4 is 17.6 Å². The number of nitrogens with zero attached hydrogens (tertiary/aromatic N) is 3. The maximum atomic E-state index is 10.8. The largest absolute Gasteiger partial charge is 0.481 e. The first-order chi connectivity index (χ1) is 10.6. The normalized spacial score (nSPS) is 10.8. The molecule has 7 heteroatoms. The summed E-state index contributed by atoms with van der Waals surface area (Å²) in [4.78, 5) is 15.2. The van der Waals surface area contributed by atoms with Crippen LogP contribution in [0.3, 0.4) is 0 Å². The zero-order valence-electron chi connectivity index (χ0n) is 11.4. The Morgan fingerprint density at radius 3 is 2.73 bits per heavy atom. The van der Waals surface area contributed by atoms with Crippen molar-refractivity contribution in [3.05, 3.63) is 53.5 Å². The fourth-order valence-electron chi connectivity index (χ4n) is 2.04. The van der Waals surface area contributed by atoms with Crippen molar-refractivity contribution in [1.82, 2.24) is 14.8 Å². The Morgan fingerprint density at radius 2 is 2.09 bits per heavy atom. The van der Waals surface area contributed by atoms with Gasteiger partial charge in [0.1, 0.15) is 11.5 Å². The molecule has 3 aromatic rings. The summed E-state index contributed by atoms with van der Waals surface area (Å²) in [6.07, 6.45) is 3.54. The number of aryl methyl sites for hydroxylation is 1. The summed E-state index contributed by atoms with van der Waals surface area (Å²) >= 11 is 5.89. The summed E-state index contributed by atoms with van der Waals surface area (Å²) in [7, 11) is 0. The fraction of sp³-hybridized carbons (Fsp3) is 0.133. The van der Waals surface area contributed by atoms with Gasteiger partial charge in [-0.2, -0.15) is 14.8 Å². The van der Waals surface area contributed by atoms with Gasteiger partial charge in [0.15, 0.2) is 0 Å². The molecule has 1 aromatic carbocycles. The highest BCUT2D eigenvalue weighted by Gasteiger charge is 2.17. The second-order valence-corrected chi connectivity index (χ2v) is 5.06. The lowest BCUT2D eigenvalue weighted by Gasteiger charge is -2.00. The topological polar surface area (TPSA) is 81.1 Å². The lowest BCUT2D eigenvalue weighted by atomic mass is 10.1. The first kappa shape index (κ1) is 14.3. The standard InChI is InChI=1S/C15H12ClN3O3/c16-11-4-2-10(3-5-11)14-12(6-7-13(20)21)22-15(18-14)19-9-1-8-17-19/h1-5,8-9H,6-7H2,(H,20,21). The Kier molecular flexibility index (Phi) is 3.93. The van der Waals surface area contributed by atoms with E-state index in [0.717, 1.165) is 5.56 Å². The summed E-state index contributed by atoms with van der Waals surface area (Å²) in [5, 5.41) is 13.6. The molecule has 0 atom stereocenters. The van der Waals surface area contributed by atoms with Gasteiger partial charge in [0.25, 0.3) is 0 Å². The van der Waals surface area contributed by atoms with Gasteiger partial charge in [-0.15, -0.1) is 0 Å². The zero-order chi connectivity index (χ0) is 15.5. The minimum Gasteiger partial charge on any atom is -0.481 e. The number of aromatic nitrogens is 3. The number of oxazole rings is 1. The van der Waals surface area contributed by atoms with E-state index < -0.39 is 5.97 Å². The predicted octanol–water partition coefficient (Wildman–Crippen LogP) is 3.20. The van der Waals surface area contributed by atoms with Crippen LogP contribution in [-0.2, 0) is 11.2 Å². The number of aliphatic carboxylic acids is 1. The Hall–Kier alpha value is -2.60. The van der Waals surface area contributed by atoms with Gasteiger partial charge in [-0.05, 0) is 18.2 Å². The van der Waals surface area contributed by atoms with Crippen LogP contribution in [0.5, 0.6) is 0 Å². The second-order valence-electron chi connectivity index (χ2n) is 4.62. The quantitative estimate of drug-likeness (QED) is 0.781. The van der Waals surface area contributed by atoms with E-state index in [0.29, 0.717) is 22.5 Å². The molecule has 0 aliphatic heterocycles. The molecule has 0 saturated heterocycles. The van der Waals surface area contributed by atoms with Crippen molar-refractivity contribution in [2.24, 2.45) is 0 Å². The molecule has 3 rings (SSSR count). The Bertz CT molecular complexity index is 779. The van der Waals surface area contributed by atoms with Crippen molar-refractivity contribution < 1.29 is 14.3 Å². The fourth-order valence-corrected chi connectivity index (χ4v) is 2.17. The summed E-state index contributed by atoms with van der Waals surface area (Å²) in [6.45, 7) is 0. The maximum absolute atomic E-state index is 10.8. The van der Waals surface area contributed by atoms with Crippen LogP contribution >= 0.6 is 11.6 Å². The molecule has 0 unspecified atom stereocenters. The molecule has 0 fully saturated rings. The highest BCUT2D eigenvalue weighted by molar-refractivity contribution is 6.30. The number of carbonyl (C=O) groups is 1. The molecule has 0 bridgehead atoms. The molecule has 0 aliphatic rings. The molecule has 0 saturated carbocycles. The highest BCUT2D eigenvalue weighted by atomic mass is 35.5. The number of carboxylic acid groups (broad SMARTS) is 1. The molecule has 6 nitrogen and oxygen atoms in total. The SMILES string of the molecule is O=C(O)CCc1oc(-n2cccn2)nc1-c1ccc(Cl)cc1. The van der Waals surface area contributed by atoms with Gasteiger partial charge in [-0.3, -0.25) is 4.79 Å². The molecular weight excluding hydrogens is 306 g/mol. The first-order valence-corrected chi connectivity index (χ1v) is 6.99. The summed E-state index contributed by atoms with van der Waals surface area (Å²) in [5.74, 6) is -0.380. The minimum absolute atomic E-state index is 0.0334. The average molecular weight is 318 g/mol. The molecule has 0 amide bonds. The number of rotatable bonds is 5. The van der Waals surface area contributed by atoms with E-state index in [2.05, 4.69) is 10.1 Å². The molecule has 0 aliphatic carbocycles. The highest BCUT2D eigenvalue weighted by Crippen LogP contribution is 2.27. The van der Waals surface area contributed by atoms with Gasteiger partial charge in [0.05, 0.1) is 6.42 Å². The molecule has 2 heterocycles. The van der Waals surface area contributed by atoms with Gasteiger partial charge in [-0.25, -0.2) is 0 Å². The van der Waals surface area contributed by atoms with Gasteiger partial charge < -0.3 is 9.52 Å². The predicted molar refractivity (Wildman–Crippen MR) is 80.0 cm³/mol. The van der Waals surface area contributed by atoms with E-state index in [1.807, 2.05) is 12.1 Å². The summed E-state index contributed by atoms with van der Waals surface area (Å²) < 4.78 is 7.18. The van der Waals surface area contributed by atoms with Gasteiger partial charge in [0, 0.05) is 29.4 Å². The molecule has 0 spiro atoms. The smallest absolute Gasteiger partial charge is 0.323 e. The van der Waals surface area contributed by atoms with Gasteiger partial charge in [-0.1, -0.05) is 23.7 Å². The van der Waals surface area contributed by atoms with E-state index >= 15 is 0 Å². The molecule has 112 valence electrons. The van der Waals surface area contributed by atoms with Gasteiger partial charge >= 0.3 is 12.0 Å². The van der Waals surface area contributed by atoms with Crippen molar-refractivity contribution in [3.8, 4) is 17.3 Å². The van der Waals surface area contributed by atoms with Crippen LogP contribution in [-0.4, -0.2) is 25.8 Å². The number of benzene rings is 1. The van der Waals surface area contributed by atoms with E-state index in [9.17, 15) is 4.79 Å². The summed E-state index contributed by atoms with van der Waals surface area (Å²) in [5.41, 5.74) is 1.41. The lowest BCUT2D eigenvalue weighted by Crippen LogP contribution is -1.97. The molecule has 0 radical (unpaired) electrons. The average Bonchev–Trinajstić information content (AvgIpc) is 3.15. The van der Waals surface area contributed by atoms with Crippen LogP contribution in [0.4, 0.5) is 0 Å². The number of carboxylic acids is 1. The molecule has 22 heavy (non-hydrogen) atoms. The molecule has 2 aromatic heterocycles.